The molecule has 1 aromatic heterocycles. The number of rotatable bonds is 7. The van der Waals surface area contributed by atoms with Gasteiger partial charge >= 0.3 is 0 Å². The van der Waals surface area contributed by atoms with Gasteiger partial charge in [-0.05, 0) is 31.5 Å². The molecular formula is C20H20ClN3O2S. The molecule has 0 saturated heterocycles. The minimum Gasteiger partial charge on any atom is -0.493 e. The van der Waals surface area contributed by atoms with Crippen LogP contribution in [0.15, 0.2) is 46.9 Å². The Kier molecular flexibility index (Phi) is 6.32. The molecule has 0 unspecified atom stereocenters. The second-order valence-corrected chi connectivity index (χ2v) is 7.01. The van der Waals surface area contributed by atoms with Gasteiger partial charge in [-0.2, -0.15) is 5.10 Å². The van der Waals surface area contributed by atoms with Gasteiger partial charge in [-0.15, -0.1) is 11.3 Å². The first kappa shape index (κ1) is 19.2. The number of halogens is 1. The van der Waals surface area contributed by atoms with Crippen LogP contribution in [-0.4, -0.2) is 24.9 Å². The molecule has 0 aliphatic rings. The molecule has 0 saturated carbocycles. The number of aryl methyl sites for hydroxylation is 1. The number of aromatic nitrogens is 1. The molecule has 3 rings (SSSR count). The van der Waals surface area contributed by atoms with E-state index in [1.54, 1.807) is 19.4 Å². The van der Waals surface area contributed by atoms with Gasteiger partial charge in [0.05, 0.1) is 30.6 Å². The predicted molar refractivity (Wildman–Crippen MR) is 113 cm³/mol. The van der Waals surface area contributed by atoms with Crippen LogP contribution in [-0.2, 0) is 0 Å². The number of ether oxygens (including phenoxy) is 2. The molecule has 0 amide bonds. The van der Waals surface area contributed by atoms with Crippen molar-refractivity contribution in [3.63, 3.8) is 0 Å². The molecule has 27 heavy (non-hydrogen) atoms. The van der Waals surface area contributed by atoms with Crippen molar-refractivity contribution in [2.24, 2.45) is 5.10 Å². The van der Waals surface area contributed by atoms with Crippen molar-refractivity contribution in [3.8, 4) is 22.8 Å². The Bertz CT molecular complexity index is 939. The molecular weight excluding hydrogens is 382 g/mol. The fourth-order valence-corrected chi connectivity index (χ4v) is 3.38. The van der Waals surface area contributed by atoms with E-state index >= 15 is 0 Å². The summed E-state index contributed by atoms with van der Waals surface area (Å²) in [6, 6.07) is 11.9. The number of nitrogens with one attached hydrogen (secondary N) is 1. The summed E-state index contributed by atoms with van der Waals surface area (Å²) < 4.78 is 10.9. The summed E-state index contributed by atoms with van der Waals surface area (Å²) in [7, 11) is 1.58. The van der Waals surface area contributed by atoms with Gasteiger partial charge in [-0.25, -0.2) is 4.98 Å². The van der Waals surface area contributed by atoms with Crippen LogP contribution in [0, 0.1) is 6.92 Å². The molecule has 0 atom stereocenters. The predicted octanol–water partition coefficient (Wildman–Crippen LogP) is 5.63. The Morgan fingerprint density at radius 3 is 2.74 bits per heavy atom. The van der Waals surface area contributed by atoms with Crippen molar-refractivity contribution >= 4 is 34.3 Å². The summed E-state index contributed by atoms with van der Waals surface area (Å²) in [6.07, 6.45) is 1.66. The van der Waals surface area contributed by atoms with Crippen LogP contribution in [0.25, 0.3) is 11.3 Å². The maximum atomic E-state index is 6.27. The third-order valence-electron chi connectivity index (χ3n) is 3.77. The zero-order valence-corrected chi connectivity index (χ0v) is 16.9. The standard InChI is InChI=1S/C20H20ClN3O2S/c1-4-26-19-16(21)9-14(10-18(19)25-3)11-22-24-20-23-17(12-27-20)15-7-5-13(2)6-8-15/h5-12H,4H2,1-3H3,(H,23,24)/b22-11-. The van der Waals surface area contributed by atoms with E-state index in [0.717, 1.165) is 16.8 Å². The lowest BCUT2D eigenvalue weighted by Crippen LogP contribution is -1.98. The minimum absolute atomic E-state index is 0.480. The largest absolute Gasteiger partial charge is 0.493 e. The average Bonchev–Trinajstić information content (AvgIpc) is 3.13. The van der Waals surface area contributed by atoms with Gasteiger partial charge in [-0.1, -0.05) is 41.4 Å². The first-order chi connectivity index (χ1) is 13.1. The summed E-state index contributed by atoms with van der Waals surface area (Å²) in [5.41, 5.74) is 6.97. The smallest absolute Gasteiger partial charge is 0.203 e. The van der Waals surface area contributed by atoms with E-state index in [-0.39, 0.29) is 0 Å². The molecule has 1 N–H and O–H groups in total. The second kappa shape index (κ2) is 8.88. The van der Waals surface area contributed by atoms with Gasteiger partial charge in [0.1, 0.15) is 0 Å². The summed E-state index contributed by atoms with van der Waals surface area (Å²) in [5, 5.41) is 7.44. The van der Waals surface area contributed by atoms with E-state index in [4.69, 9.17) is 21.1 Å². The normalized spacial score (nSPS) is 11.0. The molecule has 5 nitrogen and oxygen atoms in total. The van der Waals surface area contributed by atoms with E-state index in [0.29, 0.717) is 28.3 Å². The maximum Gasteiger partial charge on any atom is 0.203 e. The van der Waals surface area contributed by atoms with Gasteiger partial charge < -0.3 is 9.47 Å². The van der Waals surface area contributed by atoms with Crippen LogP contribution in [0.3, 0.4) is 0 Å². The molecule has 2 aromatic carbocycles. The van der Waals surface area contributed by atoms with E-state index in [1.807, 2.05) is 18.4 Å². The monoisotopic (exact) mass is 401 g/mol. The highest BCUT2D eigenvalue weighted by atomic mass is 35.5. The molecule has 0 spiro atoms. The first-order valence-electron chi connectivity index (χ1n) is 8.42. The van der Waals surface area contributed by atoms with Gasteiger partial charge in [0, 0.05) is 10.9 Å². The van der Waals surface area contributed by atoms with Crippen LogP contribution in [0.1, 0.15) is 18.1 Å². The number of nitrogens with zero attached hydrogens (tertiary/aromatic N) is 2. The topological polar surface area (TPSA) is 55.7 Å². The number of methoxy groups -OCH3 is 1. The van der Waals surface area contributed by atoms with Gasteiger partial charge in [0.25, 0.3) is 0 Å². The molecule has 3 aromatic rings. The molecule has 0 radical (unpaired) electrons. The third kappa shape index (κ3) is 4.78. The van der Waals surface area contributed by atoms with Gasteiger partial charge in [0.2, 0.25) is 5.13 Å². The highest BCUT2D eigenvalue weighted by molar-refractivity contribution is 7.14. The molecule has 0 bridgehead atoms. The quantitative estimate of drug-likeness (QED) is 0.412. The summed E-state index contributed by atoms with van der Waals surface area (Å²) in [4.78, 5) is 4.55. The van der Waals surface area contributed by atoms with Crippen molar-refractivity contribution in [2.75, 3.05) is 19.1 Å². The van der Waals surface area contributed by atoms with E-state index < -0.39 is 0 Å². The number of hydrogen-bond acceptors (Lipinski definition) is 6. The fourth-order valence-electron chi connectivity index (χ4n) is 2.44. The summed E-state index contributed by atoms with van der Waals surface area (Å²) in [5.74, 6) is 1.11. The number of hydrogen-bond donors (Lipinski definition) is 1. The molecule has 0 fully saturated rings. The highest BCUT2D eigenvalue weighted by Gasteiger charge is 2.11. The zero-order valence-electron chi connectivity index (χ0n) is 15.3. The van der Waals surface area contributed by atoms with Crippen LogP contribution >= 0.6 is 22.9 Å². The van der Waals surface area contributed by atoms with E-state index in [1.165, 1.54) is 16.9 Å². The molecule has 7 heteroatoms. The Hall–Kier alpha value is -2.57. The van der Waals surface area contributed by atoms with Crippen molar-refractivity contribution in [1.29, 1.82) is 0 Å². The fraction of sp³-hybridized carbons (Fsp3) is 0.200. The lowest BCUT2D eigenvalue weighted by Gasteiger charge is -2.11. The SMILES string of the molecule is CCOc1c(Cl)cc(/C=N\Nc2nc(-c3ccc(C)cc3)cs2)cc1OC. The lowest BCUT2D eigenvalue weighted by atomic mass is 10.1. The average molecular weight is 402 g/mol. The summed E-state index contributed by atoms with van der Waals surface area (Å²) >= 11 is 7.77. The maximum absolute atomic E-state index is 6.27. The van der Waals surface area contributed by atoms with Crippen LogP contribution in [0.2, 0.25) is 5.02 Å². The molecule has 0 aliphatic heterocycles. The Balaban J connectivity index is 1.71. The van der Waals surface area contributed by atoms with Crippen molar-refractivity contribution in [3.05, 3.63) is 57.9 Å². The highest BCUT2D eigenvalue weighted by Crippen LogP contribution is 2.36. The molecule has 1 heterocycles. The summed E-state index contributed by atoms with van der Waals surface area (Å²) in [6.45, 7) is 4.47. The van der Waals surface area contributed by atoms with Crippen molar-refractivity contribution in [2.45, 2.75) is 13.8 Å². The number of thiazole rings is 1. The Morgan fingerprint density at radius 2 is 2.04 bits per heavy atom. The Labute approximate surface area is 167 Å². The van der Waals surface area contributed by atoms with Crippen LogP contribution in [0.5, 0.6) is 11.5 Å². The number of hydrazone groups is 1. The van der Waals surface area contributed by atoms with Crippen molar-refractivity contribution < 1.29 is 9.47 Å². The third-order valence-corrected chi connectivity index (χ3v) is 4.79. The van der Waals surface area contributed by atoms with Gasteiger partial charge in [-0.3, -0.25) is 5.43 Å². The zero-order chi connectivity index (χ0) is 19.2. The Morgan fingerprint density at radius 1 is 1.26 bits per heavy atom. The minimum atomic E-state index is 0.480. The van der Waals surface area contributed by atoms with Gasteiger partial charge in [0.15, 0.2) is 11.5 Å². The lowest BCUT2D eigenvalue weighted by molar-refractivity contribution is 0.311. The number of benzene rings is 2. The second-order valence-electron chi connectivity index (χ2n) is 5.74. The van der Waals surface area contributed by atoms with E-state index in [9.17, 15) is 0 Å². The molecule has 140 valence electrons. The molecule has 0 aliphatic carbocycles. The van der Waals surface area contributed by atoms with Crippen LogP contribution in [0.4, 0.5) is 5.13 Å². The van der Waals surface area contributed by atoms with E-state index in [2.05, 4.69) is 46.7 Å². The first-order valence-corrected chi connectivity index (χ1v) is 9.68. The van der Waals surface area contributed by atoms with Crippen LogP contribution < -0.4 is 14.9 Å². The van der Waals surface area contributed by atoms with Crippen molar-refractivity contribution in [1.82, 2.24) is 4.98 Å². The number of anilines is 1.